The van der Waals surface area contributed by atoms with Crippen LogP contribution in [0.5, 0.6) is 0 Å². The number of halogens is 1. The zero-order valence-electron chi connectivity index (χ0n) is 19.5. The molecule has 2 rings (SSSR count). The number of nitrogens with one attached hydrogen (secondary N) is 1. The van der Waals surface area contributed by atoms with E-state index in [9.17, 15) is 18.0 Å². The van der Waals surface area contributed by atoms with Gasteiger partial charge >= 0.3 is 0 Å². The molecule has 0 spiro atoms. The summed E-state index contributed by atoms with van der Waals surface area (Å²) in [4.78, 5) is 27.7. The molecule has 0 radical (unpaired) electrons. The summed E-state index contributed by atoms with van der Waals surface area (Å²) in [5.74, 6) is -0.728. The number of amides is 2. The third kappa shape index (κ3) is 8.16. The molecule has 1 unspecified atom stereocenters. The molecule has 2 amide bonds. The van der Waals surface area contributed by atoms with Gasteiger partial charge in [0.25, 0.3) is 0 Å². The lowest BCUT2D eigenvalue weighted by atomic mass is 10.1. The number of aryl methyl sites for hydroxylation is 1. The van der Waals surface area contributed by atoms with Gasteiger partial charge in [-0.1, -0.05) is 53.5 Å². The van der Waals surface area contributed by atoms with Crippen LogP contribution in [0.3, 0.4) is 0 Å². The normalized spacial score (nSPS) is 12.2. The van der Waals surface area contributed by atoms with Crippen molar-refractivity contribution in [1.29, 1.82) is 0 Å². The molecular weight excluding hydrogens is 506 g/mol. The molecule has 2 aromatic rings. The van der Waals surface area contributed by atoms with Crippen molar-refractivity contribution in [2.24, 2.45) is 0 Å². The first kappa shape index (κ1) is 26.9. The van der Waals surface area contributed by atoms with E-state index in [0.717, 1.165) is 39.0 Å². The van der Waals surface area contributed by atoms with E-state index in [2.05, 4.69) is 21.2 Å². The monoisotopic (exact) mass is 537 g/mol. The number of unbranched alkanes of at least 4 members (excludes halogenated alkanes) is 1. The van der Waals surface area contributed by atoms with Gasteiger partial charge in [-0.25, -0.2) is 8.42 Å². The van der Waals surface area contributed by atoms with Crippen LogP contribution >= 0.6 is 15.9 Å². The summed E-state index contributed by atoms with van der Waals surface area (Å²) in [6.07, 6.45) is 2.85. The highest BCUT2D eigenvalue weighted by atomic mass is 79.9. The molecule has 1 N–H and O–H groups in total. The number of anilines is 1. The summed E-state index contributed by atoms with van der Waals surface area (Å²) in [7, 11) is -3.73. The van der Waals surface area contributed by atoms with Crippen molar-refractivity contribution in [3.8, 4) is 0 Å². The molecule has 0 aliphatic rings. The van der Waals surface area contributed by atoms with Crippen LogP contribution in [0.2, 0.25) is 0 Å². The second-order valence-corrected chi connectivity index (χ2v) is 10.9. The zero-order chi connectivity index (χ0) is 24.6. The Morgan fingerprint density at radius 3 is 2.42 bits per heavy atom. The van der Waals surface area contributed by atoms with Gasteiger partial charge in [0, 0.05) is 17.6 Å². The molecule has 2 aromatic carbocycles. The Morgan fingerprint density at radius 2 is 1.82 bits per heavy atom. The lowest BCUT2D eigenvalue weighted by Crippen LogP contribution is -2.51. The predicted molar refractivity (Wildman–Crippen MR) is 135 cm³/mol. The summed E-state index contributed by atoms with van der Waals surface area (Å²) >= 11 is 3.43. The minimum atomic E-state index is -3.73. The van der Waals surface area contributed by atoms with Gasteiger partial charge in [-0.05, 0) is 55.7 Å². The van der Waals surface area contributed by atoms with E-state index in [1.807, 2.05) is 44.2 Å². The lowest BCUT2D eigenvalue weighted by Gasteiger charge is -2.31. The van der Waals surface area contributed by atoms with Crippen LogP contribution in [0, 0.1) is 6.92 Å². The Balaban J connectivity index is 2.34. The summed E-state index contributed by atoms with van der Waals surface area (Å²) in [6.45, 7) is 5.85. The molecule has 1 atom stereocenters. The molecule has 7 nitrogen and oxygen atoms in total. The fraction of sp³-hybridized carbons (Fsp3) is 0.417. The van der Waals surface area contributed by atoms with E-state index in [1.165, 1.54) is 4.90 Å². The number of carbonyl (C=O) groups excluding carboxylic acids is 2. The Kier molecular flexibility index (Phi) is 9.91. The minimum Gasteiger partial charge on any atom is -0.354 e. The Labute approximate surface area is 205 Å². The average molecular weight is 539 g/mol. The molecule has 0 aromatic heterocycles. The van der Waals surface area contributed by atoms with Crippen molar-refractivity contribution in [1.82, 2.24) is 10.2 Å². The van der Waals surface area contributed by atoms with Crippen LogP contribution in [-0.4, -0.2) is 50.5 Å². The van der Waals surface area contributed by atoms with Crippen LogP contribution < -0.4 is 9.62 Å². The molecule has 0 saturated heterocycles. The van der Waals surface area contributed by atoms with Crippen LogP contribution in [0.4, 0.5) is 5.69 Å². The van der Waals surface area contributed by atoms with Gasteiger partial charge in [0.15, 0.2) is 0 Å². The van der Waals surface area contributed by atoms with Crippen molar-refractivity contribution in [3.63, 3.8) is 0 Å². The Hall–Kier alpha value is -2.39. The molecule has 0 heterocycles. The summed E-state index contributed by atoms with van der Waals surface area (Å²) in [6, 6.07) is 13.7. The average Bonchev–Trinajstić information content (AvgIpc) is 2.74. The third-order valence-corrected chi connectivity index (χ3v) is 6.84. The Bertz CT molecular complexity index is 1070. The Morgan fingerprint density at radius 1 is 1.12 bits per heavy atom. The molecule has 0 saturated carbocycles. The maximum atomic E-state index is 13.5. The van der Waals surface area contributed by atoms with Crippen LogP contribution in [-0.2, 0) is 26.2 Å². The van der Waals surface area contributed by atoms with Crippen molar-refractivity contribution in [2.75, 3.05) is 23.7 Å². The molecule has 9 heteroatoms. The summed E-state index contributed by atoms with van der Waals surface area (Å²) in [5, 5.41) is 2.86. The van der Waals surface area contributed by atoms with Crippen molar-refractivity contribution < 1.29 is 18.0 Å². The van der Waals surface area contributed by atoms with Crippen molar-refractivity contribution in [3.05, 3.63) is 64.1 Å². The first-order valence-corrected chi connectivity index (χ1v) is 13.5. The standard InChI is InChI=1S/C24H32BrN3O4S/c1-5-6-13-26-24(30)19(3)27(16-20-10-8-11-21(25)15-20)23(29)17-28(33(4,31)32)22-12-7-9-18(2)14-22/h7-12,14-15,19H,5-6,13,16-17H2,1-4H3,(H,26,30). The van der Waals surface area contributed by atoms with Gasteiger partial charge in [0.2, 0.25) is 21.8 Å². The highest BCUT2D eigenvalue weighted by Crippen LogP contribution is 2.21. The van der Waals surface area contributed by atoms with E-state index in [1.54, 1.807) is 25.1 Å². The maximum Gasteiger partial charge on any atom is 0.244 e. The fourth-order valence-electron chi connectivity index (χ4n) is 3.35. The molecule has 0 bridgehead atoms. The predicted octanol–water partition coefficient (Wildman–Crippen LogP) is 3.86. The van der Waals surface area contributed by atoms with Gasteiger partial charge in [0.1, 0.15) is 12.6 Å². The SMILES string of the molecule is CCCCNC(=O)C(C)N(Cc1cccc(Br)c1)C(=O)CN(c1cccc(C)c1)S(C)(=O)=O. The highest BCUT2D eigenvalue weighted by Gasteiger charge is 2.30. The topological polar surface area (TPSA) is 86.8 Å². The molecule has 180 valence electrons. The first-order valence-electron chi connectivity index (χ1n) is 10.9. The first-order chi connectivity index (χ1) is 15.5. The molecule has 0 aliphatic heterocycles. The number of hydrogen-bond acceptors (Lipinski definition) is 4. The largest absolute Gasteiger partial charge is 0.354 e. The molecule has 0 aliphatic carbocycles. The number of nitrogens with zero attached hydrogens (tertiary/aromatic N) is 2. The lowest BCUT2D eigenvalue weighted by molar-refractivity contribution is -0.139. The van der Waals surface area contributed by atoms with Crippen LogP contribution in [0.1, 0.15) is 37.8 Å². The quantitative estimate of drug-likeness (QED) is 0.441. The number of benzene rings is 2. The second-order valence-electron chi connectivity index (χ2n) is 8.08. The van der Waals surface area contributed by atoms with Gasteiger partial charge in [-0.2, -0.15) is 0 Å². The van der Waals surface area contributed by atoms with Crippen LogP contribution in [0.25, 0.3) is 0 Å². The summed E-state index contributed by atoms with van der Waals surface area (Å²) < 4.78 is 27.0. The third-order valence-electron chi connectivity index (χ3n) is 5.21. The van der Waals surface area contributed by atoms with Crippen LogP contribution in [0.15, 0.2) is 53.0 Å². The second kappa shape index (κ2) is 12.2. The summed E-state index contributed by atoms with van der Waals surface area (Å²) in [5.41, 5.74) is 2.11. The highest BCUT2D eigenvalue weighted by molar-refractivity contribution is 9.10. The van der Waals surface area contributed by atoms with Gasteiger partial charge in [0.05, 0.1) is 11.9 Å². The fourth-order valence-corrected chi connectivity index (χ4v) is 4.64. The van der Waals surface area contributed by atoms with Crippen molar-refractivity contribution in [2.45, 2.75) is 46.2 Å². The van der Waals surface area contributed by atoms with E-state index in [4.69, 9.17) is 0 Å². The van der Waals surface area contributed by atoms with E-state index in [-0.39, 0.29) is 12.5 Å². The number of hydrogen-bond donors (Lipinski definition) is 1. The van der Waals surface area contributed by atoms with E-state index >= 15 is 0 Å². The zero-order valence-corrected chi connectivity index (χ0v) is 21.9. The maximum absolute atomic E-state index is 13.5. The number of rotatable bonds is 11. The van der Waals surface area contributed by atoms with Crippen molar-refractivity contribution >= 4 is 43.5 Å². The van der Waals surface area contributed by atoms with E-state index < -0.39 is 28.5 Å². The molecule has 0 fully saturated rings. The smallest absolute Gasteiger partial charge is 0.244 e. The van der Waals surface area contributed by atoms with Gasteiger partial charge < -0.3 is 10.2 Å². The van der Waals surface area contributed by atoms with Gasteiger partial charge in [-0.3, -0.25) is 13.9 Å². The molecule has 33 heavy (non-hydrogen) atoms. The van der Waals surface area contributed by atoms with E-state index in [0.29, 0.717) is 12.2 Å². The number of sulfonamides is 1. The molecular formula is C24H32BrN3O4S. The van der Waals surface area contributed by atoms with Gasteiger partial charge in [-0.15, -0.1) is 0 Å². The minimum absolute atomic E-state index is 0.173. The number of carbonyl (C=O) groups is 2.